The van der Waals surface area contributed by atoms with Gasteiger partial charge in [-0.25, -0.2) is 0 Å². The lowest BCUT2D eigenvalue weighted by Gasteiger charge is -2.18. The molecule has 0 saturated carbocycles. The summed E-state index contributed by atoms with van der Waals surface area (Å²) in [7, 11) is 0. The first kappa shape index (κ1) is 71.5. The van der Waals surface area contributed by atoms with Crippen molar-refractivity contribution >= 4 is 17.9 Å². The van der Waals surface area contributed by atoms with E-state index in [1.807, 2.05) is 6.08 Å². The van der Waals surface area contributed by atoms with Gasteiger partial charge >= 0.3 is 17.9 Å². The van der Waals surface area contributed by atoms with Gasteiger partial charge in [0.2, 0.25) is 0 Å². The molecule has 0 saturated heterocycles. The van der Waals surface area contributed by atoms with E-state index in [1.54, 1.807) is 6.08 Å². The van der Waals surface area contributed by atoms with E-state index in [0.717, 1.165) is 122 Å². The summed E-state index contributed by atoms with van der Waals surface area (Å²) >= 11 is 0. The zero-order valence-electron chi connectivity index (χ0n) is 49.2. The Balaban J connectivity index is 4.39. The molecule has 0 aromatic carbocycles. The molecule has 0 aromatic heterocycles. The van der Waals surface area contributed by atoms with Crippen molar-refractivity contribution in [1.29, 1.82) is 0 Å². The monoisotopic (exact) mass is 1050 g/mol. The first-order valence-corrected chi connectivity index (χ1v) is 31.2. The third-order valence-corrected chi connectivity index (χ3v) is 12.9. The van der Waals surface area contributed by atoms with Crippen LogP contribution in [0.5, 0.6) is 0 Å². The van der Waals surface area contributed by atoms with Crippen LogP contribution in [0.25, 0.3) is 0 Å². The smallest absolute Gasteiger partial charge is 0.309 e. The van der Waals surface area contributed by atoms with Crippen LogP contribution in [0.3, 0.4) is 0 Å². The summed E-state index contributed by atoms with van der Waals surface area (Å²) in [5.74, 6) is -1.06. The summed E-state index contributed by atoms with van der Waals surface area (Å²) in [6.45, 7) is 6.30. The third-order valence-electron chi connectivity index (χ3n) is 12.9. The second-order valence-electron chi connectivity index (χ2n) is 20.2. The lowest BCUT2D eigenvalue weighted by molar-refractivity contribution is -0.166. The first-order valence-electron chi connectivity index (χ1n) is 31.2. The minimum absolute atomic E-state index is 0.117. The highest BCUT2D eigenvalue weighted by Gasteiger charge is 2.19. The van der Waals surface area contributed by atoms with Crippen molar-refractivity contribution in [3.8, 4) is 0 Å². The van der Waals surface area contributed by atoms with Crippen molar-refractivity contribution in [1.82, 2.24) is 0 Å². The molecule has 430 valence electrons. The summed E-state index contributed by atoms with van der Waals surface area (Å²) in [6.07, 6.45) is 89.1. The van der Waals surface area contributed by atoms with Crippen LogP contribution in [-0.4, -0.2) is 37.2 Å². The Hall–Kier alpha value is -4.45. The van der Waals surface area contributed by atoms with E-state index in [4.69, 9.17) is 14.2 Å². The van der Waals surface area contributed by atoms with E-state index in [-0.39, 0.29) is 38.0 Å². The molecule has 0 aliphatic carbocycles. The molecule has 1 atom stereocenters. The predicted octanol–water partition coefficient (Wildman–Crippen LogP) is 21.4. The van der Waals surface area contributed by atoms with Gasteiger partial charge in [-0.3, -0.25) is 14.4 Å². The Morgan fingerprint density at radius 1 is 0.289 bits per heavy atom. The van der Waals surface area contributed by atoms with Crippen LogP contribution in [0.15, 0.2) is 134 Å². The molecule has 0 rings (SSSR count). The maximum absolute atomic E-state index is 12.9. The predicted molar refractivity (Wildman–Crippen MR) is 329 cm³/mol. The number of unbranched alkanes of at least 4 members (excludes halogenated alkanes) is 23. The molecule has 0 aliphatic heterocycles. The number of ether oxygens (including phenoxy) is 3. The molecular formula is C70H114O6. The maximum Gasteiger partial charge on any atom is 0.309 e. The van der Waals surface area contributed by atoms with E-state index in [2.05, 4.69) is 142 Å². The highest BCUT2D eigenvalue weighted by molar-refractivity contribution is 5.72. The SMILES string of the molecule is CC/C=C\C/C=C\C/C=C\C/C=C\C/C=C\CC(=O)OCC(COC(=O)CCCCCCCCCCCCCCCC/C=C\C/C=C\C/C=C\C/C=C\CC)OC(=O)CCCCCCC/C=C\C/C=C\CCCCCC. The van der Waals surface area contributed by atoms with Crippen molar-refractivity contribution in [3.63, 3.8) is 0 Å². The standard InChI is InChI=1S/C70H114O6/c1-4-7-10-13-16-19-22-25-28-30-31-32-33-34-35-36-37-38-39-40-43-45-48-51-54-57-60-63-69(72)75-66-67(65-74-68(71)62-59-56-53-50-47-44-41-27-24-21-18-15-12-9-6-3)76-70(73)64-61-58-55-52-49-46-42-29-26-23-20-17-14-11-8-5-2/h7,9-10,12,16,18-21,23,25,27-29,31-32,41-42,47,50,56,59,67H,4-6,8,11,13-15,17,22,24,26,30,33-40,43-46,48-49,51-55,57-58,60-66H2,1-3H3/b10-7-,12-9-,19-16-,21-18-,23-20-,28-25-,32-31-,41-27-,42-29-,50-47-,59-56-. The summed E-state index contributed by atoms with van der Waals surface area (Å²) < 4.78 is 16.8. The molecule has 0 aliphatic rings. The first-order chi connectivity index (χ1) is 37.5. The molecule has 76 heavy (non-hydrogen) atoms. The van der Waals surface area contributed by atoms with Gasteiger partial charge in [0.25, 0.3) is 0 Å². The second-order valence-corrected chi connectivity index (χ2v) is 20.2. The van der Waals surface area contributed by atoms with Gasteiger partial charge in [-0.2, -0.15) is 0 Å². The zero-order valence-corrected chi connectivity index (χ0v) is 49.2. The van der Waals surface area contributed by atoms with Crippen LogP contribution >= 0.6 is 0 Å². The molecule has 0 radical (unpaired) electrons. The Bertz CT molecular complexity index is 1630. The molecule has 1 unspecified atom stereocenters. The highest BCUT2D eigenvalue weighted by atomic mass is 16.6. The highest BCUT2D eigenvalue weighted by Crippen LogP contribution is 2.15. The lowest BCUT2D eigenvalue weighted by Crippen LogP contribution is -2.30. The largest absolute Gasteiger partial charge is 0.462 e. The molecule has 0 N–H and O–H groups in total. The number of hydrogen-bond donors (Lipinski definition) is 0. The number of hydrogen-bond acceptors (Lipinski definition) is 6. The van der Waals surface area contributed by atoms with Gasteiger partial charge < -0.3 is 14.2 Å². The fourth-order valence-corrected chi connectivity index (χ4v) is 8.30. The number of rotatable bonds is 55. The van der Waals surface area contributed by atoms with Crippen LogP contribution < -0.4 is 0 Å². The number of carbonyl (C=O) groups excluding carboxylic acids is 3. The van der Waals surface area contributed by atoms with Gasteiger partial charge in [0, 0.05) is 12.8 Å². The number of carbonyl (C=O) groups is 3. The Kier molecular flexibility index (Phi) is 59.4. The molecule has 0 aromatic rings. The average molecular weight is 1050 g/mol. The van der Waals surface area contributed by atoms with E-state index in [1.165, 1.54) is 109 Å². The van der Waals surface area contributed by atoms with Crippen LogP contribution in [0.1, 0.15) is 271 Å². The Morgan fingerprint density at radius 2 is 0.566 bits per heavy atom. The van der Waals surface area contributed by atoms with E-state index in [9.17, 15) is 14.4 Å². The number of esters is 3. The summed E-state index contributed by atoms with van der Waals surface area (Å²) in [5, 5.41) is 0. The lowest BCUT2D eigenvalue weighted by atomic mass is 10.0. The third kappa shape index (κ3) is 60.4. The fourth-order valence-electron chi connectivity index (χ4n) is 8.30. The van der Waals surface area contributed by atoms with E-state index in [0.29, 0.717) is 6.42 Å². The molecule has 6 nitrogen and oxygen atoms in total. The van der Waals surface area contributed by atoms with Crippen molar-refractivity contribution in [2.75, 3.05) is 13.2 Å². The normalized spacial score (nSPS) is 13.0. The van der Waals surface area contributed by atoms with Crippen molar-refractivity contribution in [2.24, 2.45) is 0 Å². The Morgan fingerprint density at radius 3 is 0.921 bits per heavy atom. The van der Waals surface area contributed by atoms with E-state index >= 15 is 0 Å². The topological polar surface area (TPSA) is 78.9 Å². The van der Waals surface area contributed by atoms with Gasteiger partial charge in [0.1, 0.15) is 13.2 Å². The number of allylic oxidation sites excluding steroid dienone is 21. The molecule has 0 spiro atoms. The molecule has 0 heterocycles. The van der Waals surface area contributed by atoms with Gasteiger partial charge in [-0.05, 0) is 116 Å². The van der Waals surface area contributed by atoms with E-state index < -0.39 is 12.1 Å². The van der Waals surface area contributed by atoms with Gasteiger partial charge in [0.15, 0.2) is 6.10 Å². The fraction of sp³-hybridized carbons (Fsp3) is 0.643. The minimum atomic E-state index is -0.830. The van der Waals surface area contributed by atoms with Gasteiger partial charge in [-0.1, -0.05) is 270 Å². The van der Waals surface area contributed by atoms with Crippen LogP contribution in [0.4, 0.5) is 0 Å². The second kappa shape index (κ2) is 63.1. The Labute approximate surface area is 468 Å². The molecule has 0 bridgehead atoms. The van der Waals surface area contributed by atoms with Crippen LogP contribution in [-0.2, 0) is 28.6 Å². The average Bonchev–Trinajstić information content (AvgIpc) is 3.42. The molecule has 0 fully saturated rings. The zero-order chi connectivity index (χ0) is 55.0. The molecule has 6 heteroatoms. The van der Waals surface area contributed by atoms with Crippen LogP contribution in [0.2, 0.25) is 0 Å². The van der Waals surface area contributed by atoms with Gasteiger partial charge in [-0.15, -0.1) is 0 Å². The minimum Gasteiger partial charge on any atom is -0.462 e. The summed E-state index contributed by atoms with van der Waals surface area (Å²) in [5.41, 5.74) is 0. The van der Waals surface area contributed by atoms with Gasteiger partial charge in [0.05, 0.1) is 6.42 Å². The van der Waals surface area contributed by atoms with Crippen molar-refractivity contribution in [2.45, 2.75) is 277 Å². The summed E-state index contributed by atoms with van der Waals surface area (Å²) in [4.78, 5) is 38.2. The van der Waals surface area contributed by atoms with Crippen molar-refractivity contribution < 1.29 is 28.6 Å². The van der Waals surface area contributed by atoms with Crippen molar-refractivity contribution in [3.05, 3.63) is 134 Å². The van der Waals surface area contributed by atoms with Crippen LogP contribution in [0, 0.1) is 0 Å². The molecule has 0 amide bonds. The molecular weight excluding hydrogens is 937 g/mol. The quantitative estimate of drug-likeness (QED) is 0.0261. The maximum atomic E-state index is 12.9. The summed E-state index contributed by atoms with van der Waals surface area (Å²) in [6, 6.07) is 0.